The van der Waals surface area contributed by atoms with Crippen molar-refractivity contribution in [2.75, 3.05) is 18.5 Å². The van der Waals surface area contributed by atoms with Crippen LogP contribution in [0.5, 0.6) is 0 Å². The van der Waals surface area contributed by atoms with Gasteiger partial charge in [-0.25, -0.2) is 4.79 Å². The van der Waals surface area contributed by atoms with E-state index in [1.54, 1.807) is 25.1 Å². The molecule has 1 atom stereocenters. The van der Waals surface area contributed by atoms with Gasteiger partial charge in [0.1, 0.15) is 11.8 Å². The van der Waals surface area contributed by atoms with E-state index in [4.69, 9.17) is 25.6 Å². The van der Waals surface area contributed by atoms with Gasteiger partial charge in [-0.15, -0.1) is 0 Å². The van der Waals surface area contributed by atoms with Crippen molar-refractivity contribution < 1.29 is 28.7 Å². The second kappa shape index (κ2) is 11.2. The van der Waals surface area contributed by atoms with Gasteiger partial charge in [0.2, 0.25) is 5.76 Å². The third-order valence-electron chi connectivity index (χ3n) is 6.90. The van der Waals surface area contributed by atoms with Crippen molar-refractivity contribution in [1.82, 2.24) is 5.16 Å². The minimum Gasteiger partial charge on any atom is -0.481 e. The summed E-state index contributed by atoms with van der Waals surface area (Å²) in [6, 6.07) is 18.5. The van der Waals surface area contributed by atoms with Crippen LogP contribution in [-0.4, -0.2) is 35.5 Å². The quantitative estimate of drug-likeness (QED) is 0.283. The molecule has 198 valence electrons. The lowest BCUT2D eigenvalue weighted by Gasteiger charge is -2.33. The average molecular weight is 545 g/mol. The number of carboxylic acids is 1. The number of nitrogens with one attached hydrogen (secondary N) is 1. The Labute approximate surface area is 229 Å². The van der Waals surface area contributed by atoms with Crippen molar-refractivity contribution in [3.8, 4) is 11.8 Å². The Bertz CT molecular complexity index is 1600. The zero-order valence-corrected chi connectivity index (χ0v) is 21.8. The third-order valence-corrected chi connectivity index (χ3v) is 7.25. The van der Waals surface area contributed by atoms with Crippen molar-refractivity contribution in [2.24, 2.45) is 0 Å². The van der Waals surface area contributed by atoms with Crippen molar-refractivity contribution in [3.63, 3.8) is 0 Å². The van der Waals surface area contributed by atoms with Crippen LogP contribution in [-0.2, 0) is 19.7 Å². The van der Waals surface area contributed by atoms with Gasteiger partial charge in [-0.3, -0.25) is 10.1 Å². The zero-order chi connectivity index (χ0) is 27.4. The maximum absolute atomic E-state index is 12.4. The molecule has 0 spiro atoms. The Morgan fingerprint density at radius 3 is 2.59 bits per heavy atom. The normalized spacial score (nSPS) is 15.1. The number of aliphatic carboxylic acids is 1. The van der Waals surface area contributed by atoms with Crippen LogP contribution < -0.4 is 5.32 Å². The van der Waals surface area contributed by atoms with Crippen LogP contribution in [0.2, 0.25) is 5.02 Å². The number of benzene rings is 3. The molecule has 3 aromatic carbocycles. The predicted molar refractivity (Wildman–Crippen MR) is 146 cm³/mol. The van der Waals surface area contributed by atoms with Gasteiger partial charge >= 0.3 is 12.1 Å². The van der Waals surface area contributed by atoms with Crippen molar-refractivity contribution in [2.45, 2.75) is 31.3 Å². The number of amides is 1. The summed E-state index contributed by atoms with van der Waals surface area (Å²) in [6.45, 7) is 2.58. The number of ether oxygens (including phenoxy) is 2. The minimum atomic E-state index is -0.938. The number of hydrogen-bond donors (Lipinski definition) is 2. The summed E-state index contributed by atoms with van der Waals surface area (Å²) in [7, 11) is 0. The molecule has 1 saturated heterocycles. The van der Waals surface area contributed by atoms with E-state index in [0.717, 1.165) is 16.3 Å². The van der Waals surface area contributed by atoms with Gasteiger partial charge < -0.3 is 19.1 Å². The summed E-state index contributed by atoms with van der Waals surface area (Å²) in [5.74, 6) is 5.27. The van der Waals surface area contributed by atoms with Gasteiger partial charge in [0.15, 0.2) is 0 Å². The van der Waals surface area contributed by atoms with E-state index < -0.39 is 23.6 Å². The Kier molecular flexibility index (Phi) is 7.55. The number of nitrogens with zero attached hydrogens (tertiary/aromatic N) is 1. The molecule has 8 nitrogen and oxygen atoms in total. The highest BCUT2D eigenvalue weighted by Crippen LogP contribution is 2.36. The lowest BCUT2D eigenvalue weighted by molar-refractivity contribution is -0.147. The fourth-order valence-electron chi connectivity index (χ4n) is 4.68. The highest BCUT2D eigenvalue weighted by molar-refractivity contribution is 6.31. The first-order valence-electron chi connectivity index (χ1n) is 12.4. The molecular weight excluding hydrogens is 520 g/mol. The number of carboxylic acid groups (broad SMARTS) is 1. The Morgan fingerprint density at radius 2 is 1.82 bits per heavy atom. The van der Waals surface area contributed by atoms with Crippen molar-refractivity contribution in [3.05, 3.63) is 94.3 Å². The van der Waals surface area contributed by atoms with Crippen LogP contribution in [0.4, 0.5) is 10.5 Å². The van der Waals surface area contributed by atoms with E-state index >= 15 is 0 Å². The molecule has 1 amide bonds. The summed E-state index contributed by atoms with van der Waals surface area (Å²) in [5, 5.41) is 18.7. The Balaban J connectivity index is 1.30. The van der Waals surface area contributed by atoms with Crippen LogP contribution in [0.1, 0.15) is 48.3 Å². The topological polar surface area (TPSA) is 111 Å². The number of fused-ring (bicyclic) bond motifs is 1. The molecule has 1 aliphatic rings. The minimum absolute atomic E-state index is 0.177. The SMILES string of the molecule is CC(OC(=O)Nc1cnoc1C#Cc1ccc2cc(C3(C(=O)O)CCOCC3)ccc2c1)c1ccccc1Cl. The van der Waals surface area contributed by atoms with E-state index in [1.165, 1.54) is 6.20 Å². The highest BCUT2D eigenvalue weighted by atomic mass is 35.5. The maximum atomic E-state index is 12.4. The molecule has 1 fully saturated rings. The largest absolute Gasteiger partial charge is 0.481 e. The first kappa shape index (κ1) is 26.3. The predicted octanol–water partition coefficient (Wildman–Crippen LogP) is 6.32. The van der Waals surface area contributed by atoms with Crippen LogP contribution in [0.25, 0.3) is 10.8 Å². The van der Waals surface area contributed by atoms with E-state index in [-0.39, 0.29) is 11.4 Å². The summed E-state index contributed by atoms with van der Waals surface area (Å²) in [6.07, 6.45) is 0.971. The molecule has 39 heavy (non-hydrogen) atoms. The molecule has 0 radical (unpaired) electrons. The van der Waals surface area contributed by atoms with Crippen molar-refractivity contribution in [1.29, 1.82) is 0 Å². The molecule has 5 rings (SSSR count). The van der Waals surface area contributed by atoms with Gasteiger partial charge in [0.05, 0.1) is 11.6 Å². The molecule has 0 bridgehead atoms. The van der Waals surface area contributed by atoms with E-state index in [0.29, 0.717) is 42.2 Å². The number of aromatic nitrogens is 1. The maximum Gasteiger partial charge on any atom is 0.412 e. The van der Waals surface area contributed by atoms with Gasteiger partial charge in [-0.05, 0) is 60.2 Å². The summed E-state index contributed by atoms with van der Waals surface area (Å²) in [4.78, 5) is 24.6. The third kappa shape index (κ3) is 5.60. The van der Waals surface area contributed by atoms with Gasteiger partial charge in [-0.1, -0.05) is 65.1 Å². The molecule has 1 aromatic heterocycles. The summed E-state index contributed by atoms with van der Waals surface area (Å²) in [5.41, 5.74) is 1.52. The molecule has 1 unspecified atom stereocenters. The van der Waals surface area contributed by atoms with Gasteiger partial charge in [-0.2, -0.15) is 0 Å². The molecule has 2 heterocycles. The lowest BCUT2D eigenvalue weighted by atomic mass is 9.74. The molecule has 2 N–H and O–H groups in total. The molecule has 0 aliphatic carbocycles. The number of rotatable bonds is 5. The average Bonchev–Trinajstić information content (AvgIpc) is 3.38. The fourth-order valence-corrected chi connectivity index (χ4v) is 4.97. The van der Waals surface area contributed by atoms with E-state index in [9.17, 15) is 14.7 Å². The van der Waals surface area contributed by atoms with E-state index in [2.05, 4.69) is 22.3 Å². The van der Waals surface area contributed by atoms with Crippen molar-refractivity contribution >= 4 is 40.1 Å². The molecule has 4 aromatic rings. The van der Waals surface area contributed by atoms with E-state index in [1.807, 2.05) is 42.5 Å². The first-order chi connectivity index (χ1) is 18.9. The van der Waals surface area contributed by atoms with Gasteiger partial charge in [0, 0.05) is 29.4 Å². The number of hydrogen-bond acceptors (Lipinski definition) is 6. The number of halogens is 1. The Hall–Kier alpha value is -4.32. The molecule has 0 saturated carbocycles. The second-order valence-corrected chi connectivity index (χ2v) is 9.70. The monoisotopic (exact) mass is 544 g/mol. The van der Waals surface area contributed by atoms with Crippen LogP contribution >= 0.6 is 11.6 Å². The molecule has 9 heteroatoms. The molecule has 1 aliphatic heterocycles. The number of anilines is 1. The molecular formula is C30H25ClN2O6. The lowest BCUT2D eigenvalue weighted by Crippen LogP contribution is -2.41. The van der Waals surface area contributed by atoms with Crippen LogP contribution in [0.3, 0.4) is 0 Å². The second-order valence-electron chi connectivity index (χ2n) is 9.29. The van der Waals surface area contributed by atoms with Gasteiger partial charge in [0.25, 0.3) is 0 Å². The summed E-state index contributed by atoms with van der Waals surface area (Å²) < 4.78 is 16.1. The zero-order valence-electron chi connectivity index (χ0n) is 21.1. The first-order valence-corrected chi connectivity index (χ1v) is 12.8. The Morgan fingerprint density at radius 1 is 1.08 bits per heavy atom. The highest BCUT2D eigenvalue weighted by Gasteiger charge is 2.41. The van der Waals surface area contributed by atoms with Crippen LogP contribution in [0, 0.1) is 11.8 Å². The number of carbonyl (C=O) groups is 2. The fraction of sp³-hybridized carbons (Fsp3) is 0.233. The smallest absolute Gasteiger partial charge is 0.412 e. The number of carbonyl (C=O) groups excluding carboxylic acids is 1. The summed E-state index contributed by atoms with van der Waals surface area (Å²) >= 11 is 6.19. The van der Waals surface area contributed by atoms with Crippen LogP contribution in [0.15, 0.2) is 71.4 Å². The standard InChI is InChI=1S/C30H25ClN2O6/c1-19(24-4-2-3-5-25(24)31)38-29(36)33-26-18-32-39-27(26)11-7-20-6-8-22-17-23(10-9-21(22)16-20)30(28(34)35)12-14-37-15-13-30/h2-6,8-10,16-19H,12-15H2,1H3,(H,33,36)(H,34,35).